The Hall–Kier alpha value is -1.91. The lowest BCUT2D eigenvalue weighted by Gasteiger charge is -2.28. The van der Waals surface area contributed by atoms with Gasteiger partial charge in [0.25, 0.3) is 0 Å². The van der Waals surface area contributed by atoms with Crippen molar-refractivity contribution in [1.82, 2.24) is 5.32 Å². The summed E-state index contributed by atoms with van der Waals surface area (Å²) in [6, 6.07) is 12.7. The number of allylic oxidation sites excluding steroid dienone is 7. The van der Waals surface area contributed by atoms with Crippen LogP contribution in [0.1, 0.15) is 83.8 Å². The first-order valence-electron chi connectivity index (χ1n) is 17.9. The van der Waals surface area contributed by atoms with Gasteiger partial charge in [0.15, 0.2) is 5.71 Å². The van der Waals surface area contributed by atoms with Gasteiger partial charge in [-0.1, -0.05) is 26.0 Å². The Kier molecular flexibility index (Phi) is 13.6. The third kappa shape index (κ3) is 8.33. The minimum absolute atomic E-state index is 0.180. The van der Waals surface area contributed by atoms with Crippen molar-refractivity contribution < 1.29 is 9.37 Å². The van der Waals surface area contributed by atoms with Gasteiger partial charge in [0, 0.05) is 68.7 Å². The molecule has 2 aromatic carbocycles. The second kappa shape index (κ2) is 17.3. The summed E-state index contributed by atoms with van der Waals surface area (Å²) in [4.78, 5) is 16.6. The minimum Gasteiger partial charge on any atom is -0.374 e. The molecule has 5 rings (SSSR count). The number of hydrogen-bond acceptors (Lipinski definition) is 8. The van der Waals surface area contributed by atoms with E-state index in [1.165, 1.54) is 45.1 Å². The molecule has 2 heterocycles. The van der Waals surface area contributed by atoms with E-state index in [0.717, 1.165) is 91.3 Å². The van der Waals surface area contributed by atoms with Crippen LogP contribution in [0.25, 0.3) is 0 Å². The van der Waals surface area contributed by atoms with Crippen LogP contribution in [0, 0.1) is 0 Å². The summed E-state index contributed by atoms with van der Waals surface area (Å²) in [5, 5.41) is 3.62. The molecule has 0 saturated carbocycles. The summed E-state index contributed by atoms with van der Waals surface area (Å²) in [6.45, 7) is 11.1. The zero-order valence-electron chi connectivity index (χ0n) is 30.0. The van der Waals surface area contributed by atoms with E-state index in [1.807, 2.05) is 0 Å². The van der Waals surface area contributed by atoms with Crippen molar-refractivity contribution in [3.8, 4) is 0 Å². The Balaban J connectivity index is 1.59. The number of hydrogen-bond donors (Lipinski definition) is 6. The molecule has 0 radical (unpaired) electrons. The summed E-state index contributed by atoms with van der Waals surface area (Å²) < 4.78 is 2.49. The summed E-state index contributed by atoms with van der Waals surface area (Å²) in [7, 11) is 0. The van der Waals surface area contributed by atoms with Crippen molar-refractivity contribution in [1.29, 1.82) is 0 Å². The lowest BCUT2D eigenvalue weighted by atomic mass is 9.81. The van der Waals surface area contributed by atoms with Crippen molar-refractivity contribution >= 4 is 86.5 Å². The predicted molar refractivity (Wildman–Crippen MR) is 230 cm³/mol. The van der Waals surface area contributed by atoms with Crippen molar-refractivity contribution in [2.24, 2.45) is 0 Å². The Morgan fingerprint density at radius 1 is 0.860 bits per heavy atom. The van der Waals surface area contributed by atoms with Gasteiger partial charge in [0.05, 0.1) is 11.5 Å². The quantitative estimate of drug-likeness (QED) is 0.0474. The Morgan fingerprint density at radius 3 is 2.26 bits per heavy atom. The SMILES string of the molecule is CC1(C)C(/C=C/C2=C(N[C@H](C=O)CS)C(=C/C=C3/N(CCCCS)c4ccc(S)cc4C3(C)C)/CCC2)=[N+](CCCCS)c2ccc(S)cc21. The molecule has 9 heteroatoms. The average molecular weight is 765 g/mol. The monoisotopic (exact) mass is 764 g/mol. The van der Waals surface area contributed by atoms with Gasteiger partial charge in [0.2, 0.25) is 5.69 Å². The number of thiol groups is 5. The molecule has 3 aliphatic rings. The normalized spacial score (nSPS) is 20.3. The van der Waals surface area contributed by atoms with Crippen LogP contribution in [0.3, 0.4) is 0 Å². The molecule has 0 unspecified atom stereocenters. The number of unbranched alkanes of at least 4 members (excludes halogenated alkanes) is 2. The largest absolute Gasteiger partial charge is 0.374 e. The summed E-state index contributed by atoms with van der Waals surface area (Å²) in [5.41, 5.74) is 10.8. The second-order valence-corrected chi connectivity index (χ2v) is 16.9. The molecular weight excluding hydrogens is 711 g/mol. The molecule has 0 aromatic heterocycles. The van der Waals surface area contributed by atoms with Gasteiger partial charge in [-0.2, -0.15) is 42.5 Å². The maximum atomic E-state index is 12.1. The number of carbonyl (C=O) groups excluding carboxylic acids is 1. The topological polar surface area (TPSA) is 35.4 Å². The molecule has 1 atom stereocenters. The zero-order chi connectivity index (χ0) is 36.1. The molecule has 2 aliphatic heterocycles. The van der Waals surface area contributed by atoms with E-state index in [4.69, 9.17) is 25.3 Å². The molecule has 50 heavy (non-hydrogen) atoms. The summed E-state index contributed by atoms with van der Waals surface area (Å²) >= 11 is 22.9. The van der Waals surface area contributed by atoms with Gasteiger partial charge in [-0.15, -0.1) is 25.3 Å². The van der Waals surface area contributed by atoms with Crippen LogP contribution in [0.5, 0.6) is 0 Å². The average Bonchev–Trinajstić information content (AvgIpc) is 3.43. The van der Waals surface area contributed by atoms with Gasteiger partial charge in [0.1, 0.15) is 12.8 Å². The van der Waals surface area contributed by atoms with Crippen LogP contribution < -0.4 is 10.2 Å². The first kappa shape index (κ1) is 39.3. The number of aldehydes is 1. The van der Waals surface area contributed by atoms with Crippen LogP contribution in [-0.2, 0) is 15.6 Å². The summed E-state index contributed by atoms with van der Waals surface area (Å²) in [5.74, 6) is 2.19. The van der Waals surface area contributed by atoms with Crippen molar-refractivity contribution in [3.63, 3.8) is 0 Å². The Labute approximate surface area is 328 Å². The number of anilines is 1. The van der Waals surface area contributed by atoms with Crippen LogP contribution in [-0.4, -0.2) is 53.0 Å². The molecule has 0 spiro atoms. The second-order valence-electron chi connectivity index (χ2n) is 14.6. The van der Waals surface area contributed by atoms with Crippen LogP contribution in [0.2, 0.25) is 0 Å². The molecule has 0 saturated heterocycles. The molecule has 268 valence electrons. The van der Waals surface area contributed by atoms with Gasteiger partial charge in [-0.3, -0.25) is 0 Å². The number of nitrogens with one attached hydrogen (secondary N) is 1. The third-order valence-corrected chi connectivity index (χ3v) is 12.0. The number of benzene rings is 2. The number of fused-ring (bicyclic) bond motifs is 2. The fraction of sp³-hybridized carbons (Fsp3) is 0.463. The Morgan fingerprint density at radius 2 is 1.56 bits per heavy atom. The van der Waals surface area contributed by atoms with Crippen LogP contribution in [0.15, 0.2) is 93.0 Å². The lowest BCUT2D eigenvalue weighted by Crippen LogP contribution is -2.34. The number of carbonyl (C=O) groups is 1. The minimum atomic E-state index is -0.379. The van der Waals surface area contributed by atoms with E-state index in [2.05, 4.69) is 141 Å². The molecule has 4 nitrogen and oxygen atoms in total. The molecule has 1 aliphatic carbocycles. The number of nitrogens with zero attached hydrogens (tertiary/aromatic N) is 2. The van der Waals surface area contributed by atoms with E-state index in [1.54, 1.807) is 0 Å². The van der Waals surface area contributed by atoms with E-state index < -0.39 is 0 Å². The highest BCUT2D eigenvalue weighted by molar-refractivity contribution is 7.80. The van der Waals surface area contributed by atoms with Gasteiger partial charge >= 0.3 is 0 Å². The van der Waals surface area contributed by atoms with Gasteiger partial charge in [-0.25, -0.2) is 0 Å². The zero-order valence-corrected chi connectivity index (χ0v) is 34.4. The van der Waals surface area contributed by atoms with Crippen molar-refractivity contribution in [2.75, 3.05) is 35.2 Å². The third-order valence-electron chi connectivity index (χ3n) is 10.4. The van der Waals surface area contributed by atoms with Gasteiger partial charge < -0.3 is 15.0 Å². The number of rotatable bonds is 15. The standard InChI is InChI=1S/C41H53N3OS5/c1-40(2)33-24-31(49)14-16-35(33)43(20-5-7-22-46)37(40)18-12-28-10-9-11-29(39(28)42-30(26-45)27-48)13-19-38-41(3,4)34-25-32(50)15-17-36(34)44(38)21-6-8-23-47/h12-19,24-26,30,46-50H,5-11,20-23,27H2,1-4H3/p+1/b28-12+,37-18+/t30-/m1/s1. The lowest BCUT2D eigenvalue weighted by molar-refractivity contribution is -0.438. The van der Waals surface area contributed by atoms with Crippen molar-refractivity contribution in [2.45, 2.75) is 99.3 Å². The van der Waals surface area contributed by atoms with E-state index in [9.17, 15) is 4.79 Å². The maximum absolute atomic E-state index is 12.1. The predicted octanol–water partition coefficient (Wildman–Crippen LogP) is 9.75. The molecule has 2 aromatic rings. The first-order valence-corrected chi connectivity index (χ1v) is 20.7. The van der Waals surface area contributed by atoms with Crippen molar-refractivity contribution in [3.05, 3.63) is 94.4 Å². The highest BCUT2D eigenvalue weighted by atomic mass is 32.1. The van der Waals surface area contributed by atoms with E-state index in [-0.39, 0.29) is 16.9 Å². The molecule has 0 fully saturated rings. The fourth-order valence-corrected chi connectivity index (χ4v) is 8.72. The molecule has 0 bridgehead atoms. The molecular formula is C41H54N3OS5+. The first-order chi connectivity index (χ1) is 24.0. The highest BCUT2D eigenvalue weighted by Crippen LogP contribution is 2.49. The molecule has 1 N–H and O–H groups in total. The van der Waals surface area contributed by atoms with Crippen LogP contribution in [0.4, 0.5) is 11.4 Å². The van der Waals surface area contributed by atoms with Gasteiger partial charge in [-0.05, 0) is 117 Å². The smallest absolute Gasteiger partial charge is 0.209 e. The maximum Gasteiger partial charge on any atom is 0.209 e. The van der Waals surface area contributed by atoms with E-state index in [0.29, 0.717) is 5.75 Å². The summed E-state index contributed by atoms with van der Waals surface area (Å²) in [6.07, 6.45) is 17.4. The molecule has 0 amide bonds. The Bertz CT molecular complexity index is 1740. The van der Waals surface area contributed by atoms with Crippen LogP contribution >= 0.6 is 63.1 Å². The fourth-order valence-electron chi connectivity index (χ4n) is 7.68. The highest BCUT2D eigenvalue weighted by Gasteiger charge is 2.44. The van der Waals surface area contributed by atoms with E-state index >= 15 is 0 Å².